The second kappa shape index (κ2) is 7.09. The fourth-order valence-electron chi connectivity index (χ4n) is 3.14. The van der Waals surface area contributed by atoms with Crippen molar-refractivity contribution in [1.29, 1.82) is 0 Å². The van der Waals surface area contributed by atoms with Crippen molar-refractivity contribution in [2.75, 3.05) is 26.2 Å². The number of ether oxygens (including phenoxy) is 1. The molecule has 0 spiro atoms. The van der Waals surface area contributed by atoms with Crippen LogP contribution < -0.4 is 10.5 Å². The Morgan fingerprint density at radius 1 is 1.25 bits per heavy atom. The van der Waals surface area contributed by atoms with Crippen LogP contribution in [0, 0.1) is 5.92 Å². The first-order valence-corrected chi connectivity index (χ1v) is 7.79. The minimum Gasteiger partial charge on any atom is -0.494 e. The molecule has 0 aromatic heterocycles. The molecule has 0 radical (unpaired) electrons. The van der Waals surface area contributed by atoms with E-state index in [1.54, 1.807) is 0 Å². The molecule has 3 heteroatoms. The summed E-state index contributed by atoms with van der Waals surface area (Å²) in [6.45, 7) is 10.6. The zero-order chi connectivity index (χ0) is 14.5. The lowest BCUT2D eigenvalue weighted by atomic mass is 9.88. The van der Waals surface area contributed by atoms with Crippen LogP contribution in [-0.4, -0.2) is 37.2 Å². The minimum atomic E-state index is 0.291. The summed E-state index contributed by atoms with van der Waals surface area (Å²) < 4.78 is 5.51. The fourth-order valence-corrected chi connectivity index (χ4v) is 3.14. The second-order valence-corrected chi connectivity index (χ2v) is 6.31. The van der Waals surface area contributed by atoms with Crippen LogP contribution in [0.3, 0.4) is 0 Å². The van der Waals surface area contributed by atoms with Crippen LogP contribution >= 0.6 is 0 Å². The maximum Gasteiger partial charge on any atom is 0.119 e. The molecule has 2 unspecified atom stereocenters. The van der Waals surface area contributed by atoms with Crippen LogP contribution in [0.4, 0.5) is 0 Å². The highest BCUT2D eigenvalue weighted by Gasteiger charge is 2.26. The average molecular weight is 276 g/mol. The fraction of sp³-hybridized carbons (Fsp3) is 0.647. The van der Waals surface area contributed by atoms with E-state index in [9.17, 15) is 0 Å². The molecule has 2 N–H and O–H groups in total. The number of rotatable bonds is 5. The van der Waals surface area contributed by atoms with Crippen LogP contribution in [0.15, 0.2) is 24.3 Å². The van der Waals surface area contributed by atoms with Gasteiger partial charge in [-0.05, 0) is 42.9 Å². The highest BCUT2D eigenvalue weighted by Crippen LogP contribution is 2.28. The van der Waals surface area contributed by atoms with Gasteiger partial charge in [-0.3, -0.25) is 0 Å². The quantitative estimate of drug-likeness (QED) is 0.898. The first-order valence-electron chi connectivity index (χ1n) is 7.79. The Balaban J connectivity index is 2.02. The SMILES string of the molecule is CCOc1ccc(C2CC(N)CN(CC(C)C)C2)cc1. The summed E-state index contributed by atoms with van der Waals surface area (Å²) in [7, 11) is 0. The van der Waals surface area contributed by atoms with E-state index in [0.717, 1.165) is 38.4 Å². The highest BCUT2D eigenvalue weighted by atomic mass is 16.5. The molecule has 112 valence electrons. The molecule has 0 saturated carbocycles. The zero-order valence-electron chi connectivity index (χ0n) is 13.0. The normalized spacial score (nSPS) is 24.1. The van der Waals surface area contributed by atoms with Crippen molar-refractivity contribution in [2.24, 2.45) is 11.7 Å². The van der Waals surface area contributed by atoms with E-state index < -0.39 is 0 Å². The summed E-state index contributed by atoms with van der Waals surface area (Å²) in [5.41, 5.74) is 7.63. The maximum atomic E-state index is 6.24. The number of likely N-dealkylation sites (tertiary alicyclic amines) is 1. The Hall–Kier alpha value is -1.06. The number of nitrogens with zero attached hydrogens (tertiary/aromatic N) is 1. The van der Waals surface area contributed by atoms with Crippen molar-refractivity contribution in [3.63, 3.8) is 0 Å². The van der Waals surface area contributed by atoms with Gasteiger partial charge in [-0.25, -0.2) is 0 Å². The topological polar surface area (TPSA) is 38.5 Å². The van der Waals surface area contributed by atoms with Gasteiger partial charge in [-0.2, -0.15) is 0 Å². The molecule has 20 heavy (non-hydrogen) atoms. The smallest absolute Gasteiger partial charge is 0.119 e. The van der Waals surface area contributed by atoms with Crippen molar-refractivity contribution >= 4 is 0 Å². The first-order chi connectivity index (χ1) is 9.58. The lowest BCUT2D eigenvalue weighted by Gasteiger charge is -2.37. The number of benzene rings is 1. The maximum absolute atomic E-state index is 6.24. The zero-order valence-corrected chi connectivity index (χ0v) is 13.0. The number of nitrogens with two attached hydrogens (primary N) is 1. The summed E-state index contributed by atoms with van der Waals surface area (Å²) in [6.07, 6.45) is 1.09. The van der Waals surface area contributed by atoms with Crippen molar-refractivity contribution in [2.45, 2.75) is 39.2 Å². The highest BCUT2D eigenvalue weighted by molar-refractivity contribution is 5.30. The Kier molecular flexibility index (Phi) is 5.44. The van der Waals surface area contributed by atoms with E-state index >= 15 is 0 Å². The molecule has 1 heterocycles. The third-order valence-electron chi connectivity index (χ3n) is 3.84. The van der Waals surface area contributed by atoms with Crippen LogP contribution in [-0.2, 0) is 0 Å². The van der Waals surface area contributed by atoms with Crippen molar-refractivity contribution in [3.8, 4) is 5.75 Å². The molecule has 2 rings (SSSR count). The van der Waals surface area contributed by atoms with E-state index in [1.807, 2.05) is 6.92 Å². The van der Waals surface area contributed by atoms with Gasteiger partial charge in [-0.1, -0.05) is 26.0 Å². The summed E-state index contributed by atoms with van der Waals surface area (Å²) in [5, 5.41) is 0. The molecule has 3 nitrogen and oxygen atoms in total. The number of hydrogen-bond donors (Lipinski definition) is 1. The Labute approximate surface area is 123 Å². The van der Waals surface area contributed by atoms with Crippen LogP contribution in [0.5, 0.6) is 5.75 Å². The van der Waals surface area contributed by atoms with E-state index in [-0.39, 0.29) is 0 Å². The summed E-state index contributed by atoms with van der Waals surface area (Å²) in [4.78, 5) is 2.51. The van der Waals surface area contributed by atoms with E-state index in [2.05, 4.69) is 43.0 Å². The van der Waals surface area contributed by atoms with Gasteiger partial charge >= 0.3 is 0 Å². The third kappa shape index (κ3) is 4.22. The van der Waals surface area contributed by atoms with Crippen molar-refractivity contribution < 1.29 is 4.74 Å². The van der Waals surface area contributed by atoms with Gasteiger partial charge in [0.15, 0.2) is 0 Å². The van der Waals surface area contributed by atoms with Crippen LogP contribution in [0.1, 0.15) is 38.7 Å². The van der Waals surface area contributed by atoms with Gasteiger partial charge in [0.2, 0.25) is 0 Å². The molecule has 0 amide bonds. The summed E-state index contributed by atoms with van der Waals surface area (Å²) in [5.74, 6) is 2.20. The van der Waals surface area contributed by atoms with Gasteiger partial charge in [0.05, 0.1) is 6.61 Å². The van der Waals surface area contributed by atoms with Gasteiger partial charge in [0.25, 0.3) is 0 Å². The molecule has 0 aliphatic carbocycles. The minimum absolute atomic E-state index is 0.291. The third-order valence-corrected chi connectivity index (χ3v) is 3.84. The molecule has 1 aliphatic rings. The predicted octanol–water partition coefficient (Wildman–Crippen LogP) is 2.86. The Bertz CT molecular complexity index is 400. The molecule has 1 aromatic rings. The molecule has 1 saturated heterocycles. The van der Waals surface area contributed by atoms with Gasteiger partial charge < -0.3 is 15.4 Å². The summed E-state index contributed by atoms with van der Waals surface area (Å²) in [6, 6.07) is 8.83. The molecule has 1 aromatic carbocycles. The van der Waals surface area contributed by atoms with Crippen LogP contribution in [0.25, 0.3) is 0 Å². The molecular formula is C17H28N2O. The molecule has 1 fully saturated rings. The molecule has 1 aliphatic heterocycles. The summed E-state index contributed by atoms with van der Waals surface area (Å²) >= 11 is 0. The molecule has 2 atom stereocenters. The standard InChI is InChI=1S/C17H28N2O/c1-4-20-17-7-5-14(6-8-17)15-9-16(18)12-19(11-15)10-13(2)3/h5-8,13,15-16H,4,9-12,18H2,1-3H3. The van der Waals surface area contributed by atoms with Gasteiger partial charge in [0, 0.05) is 25.7 Å². The van der Waals surface area contributed by atoms with Gasteiger partial charge in [-0.15, -0.1) is 0 Å². The van der Waals surface area contributed by atoms with Crippen molar-refractivity contribution in [3.05, 3.63) is 29.8 Å². The number of piperidine rings is 1. The largest absolute Gasteiger partial charge is 0.494 e. The lowest BCUT2D eigenvalue weighted by molar-refractivity contribution is 0.171. The lowest BCUT2D eigenvalue weighted by Crippen LogP contribution is -2.47. The monoisotopic (exact) mass is 276 g/mol. The van der Waals surface area contributed by atoms with E-state index in [0.29, 0.717) is 17.9 Å². The average Bonchev–Trinajstić information content (AvgIpc) is 2.38. The Morgan fingerprint density at radius 3 is 2.55 bits per heavy atom. The van der Waals surface area contributed by atoms with E-state index in [1.165, 1.54) is 5.56 Å². The Morgan fingerprint density at radius 2 is 1.95 bits per heavy atom. The van der Waals surface area contributed by atoms with Crippen LogP contribution in [0.2, 0.25) is 0 Å². The van der Waals surface area contributed by atoms with E-state index in [4.69, 9.17) is 10.5 Å². The number of hydrogen-bond acceptors (Lipinski definition) is 3. The molecular weight excluding hydrogens is 248 g/mol. The van der Waals surface area contributed by atoms with Gasteiger partial charge in [0.1, 0.15) is 5.75 Å². The predicted molar refractivity (Wildman–Crippen MR) is 84.2 cm³/mol. The first kappa shape index (κ1) is 15.3. The second-order valence-electron chi connectivity index (χ2n) is 6.31. The molecule has 0 bridgehead atoms. The van der Waals surface area contributed by atoms with Crippen molar-refractivity contribution in [1.82, 2.24) is 4.90 Å².